The largest absolute Gasteiger partial charge is 0.496 e. The second-order valence-corrected chi connectivity index (χ2v) is 9.40. The van der Waals surface area contributed by atoms with Crippen molar-refractivity contribution in [2.75, 3.05) is 19.0 Å². The summed E-state index contributed by atoms with van der Waals surface area (Å²) in [4.78, 5) is 32.7. The lowest BCUT2D eigenvalue weighted by Gasteiger charge is -2.25. The molecule has 2 aromatic heterocycles. The van der Waals surface area contributed by atoms with Gasteiger partial charge in [0.05, 0.1) is 25.0 Å². The highest BCUT2D eigenvalue weighted by Gasteiger charge is 2.27. The SMILES string of the molecule is COc1ccccc1-c1cc(C(=O)N2CCc3nc(NC(=O)NC4CCCC4)sc3C2)[nH]n1. The number of carbonyl (C=O) groups is 2. The molecule has 1 aromatic carbocycles. The van der Waals surface area contributed by atoms with E-state index in [4.69, 9.17) is 4.74 Å². The van der Waals surface area contributed by atoms with Crippen molar-refractivity contribution in [2.45, 2.75) is 44.7 Å². The molecule has 1 aliphatic heterocycles. The van der Waals surface area contributed by atoms with Gasteiger partial charge >= 0.3 is 6.03 Å². The highest BCUT2D eigenvalue weighted by atomic mass is 32.1. The van der Waals surface area contributed by atoms with E-state index >= 15 is 0 Å². The summed E-state index contributed by atoms with van der Waals surface area (Å²) >= 11 is 1.43. The quantitative estimate of drug-likeness (QED) is 0.529. The van der Waals surface area contributed by atoms with E-state index in [1.54, 1.807) is 18.1 Å². The second-order valence-electron chi connectivity index (χ2n) is 8.31. The van der Waals surface area contributed by atoms with Crippen LogP contribution in [0.5, 0.6) is 5.75 Å². The van der Waals surface area contributed by atoms with Crippen LogP contribution < -0.4 is 15.4 Å². The third-order valence-corrected chi connectivity index (χ3v) is 7.12. The molecule has 0 radical (unpaired) electrons. The number of hydrogen-bond acceptors (Lipinski definition) is 6. The number of aromatic nitrogens is 3. The molecule has 33 heavy (non-hydrogen) atoms. The van der Waals surface area contributed by atoms with Crippen LogP contribution in [0.3, 0.4) is 0 Å². The van der Waals surface area contributed by atoms with Crippen molar-refractivity contribution in [2.24, 2.45) is 0 Å². The van der Waals surface area contributed by atoms with Crippen LogP contribution in [-0.4, -0.2) is 51.7 Å². The lowest BCUT2D eigenvalue weighted by Crippen LogP contribution is -2.36. The van der Waals surface area contributed by atoms with Crippen LogP contribution in [0.25, 0.3) is 11.3 Å². The smallest absolute Gasteiger partial charge is 0.321 e. The minimum atomic E-state index is -0.206. The molecule has 10 heteroatoms. The van der Waals surface area contributed by atoms with Crippen molar-refractivity contribution < 1.29 is 14.3 Å². The highest BCUT2D eigenvalue weighted by molar-refractivity contribution is 7.15. The molecule has 3 aromatic rings. The summed E-state index contributed by atoms with van der Waals surface area (Å²) in [7, 11) is 1.61. The fourth-order valence-corrected chi connectivity index (χ4v) is 5.43. The van der Waals surface area contributed by atoms with Gasteiger partial charge in [0.1, 0.15) is 11.4 Å². The van der Waals surface area contributed by atoms with E-state index < -0.39 is 0 Å². The van der Waals surface area contributed by atoms with E-state index in [1.807, 2.05) is 24.3 Å². The predicted molar refractivity (Wildman–Crippen MR) is 126 cm³/mol. The number of urea groups is 1. The molecular weight excluding hydrogens is 440 g/mol. The Morgan fingerprint density at radius 2 is 2.06 bits per heavy atom. The summed E-state index contributed by atoms with van der Waals surface area (Å²) in [5, 5.41) is 13.6. The van der Waals surface area contributed by atoms with Crippen LogP contribution in [0, 0.1) is 0 Å². The van der Waals surface area contributed by atoms with Crippen molar-refractivity contribution in [3.8, 4) is 17.0 Å². The Hall–Kier alpha value is -3.40. The zero-order valence-electron chi connectivity index (χ0n) is 18.4. The van der Waals surface area contributed by atoms with E-state index in [0.29, 0.717) is 41.8 Å². The minimum Gasteiger partial charge on any atom is -0.496 e. The number of hydrogen-bond donors (Lipinski definition) is 3. The normalized spacial score (nSPS) is 15.8. The van der Waals surface area contributed by atoms with Gasteiger partial charge in [0.15, 0.2) is 5.13 Å². The number of para-hydroxylation sites is 1. The number of carbonyl (C=O) groups excluding carboxylic acids is 2. The summed E-state index contributed by atoms with van der Waals surface area (Å²) in [5.74, 6) is 0.587. The summed E-state index contributed by atoms with van der Waals surface area (Å²) in [6.07, 6.45) is 5.04. The number of H-pyrrole nitrogens is 1. The Labute approximate surface area is 195 Å². The first-order chi connectivity index (χ1) is 16.1. The first-order valence-electron chi connectivity index (χ1n) is 11.1. The van der Waals surface area contributed by atoms with Gasteiger partial charge in [-0.05, 0) is 31.0 Å². The third kappa shape index (κ3) is 4.56. The van der Waals surface area contributed by atoms with Gasteiger partial charge in [-0.3, -0.25) is 15.2 Å². The first-order valence-corrected chi connectivity index (χ1v) is 12.0. The summed E-state index contributed by atoms with van der Waals surface area (Å²) < 4.78 is 5.40. The number of anilines is 1. The molecule has 1 saturated carbocycles. The van der Waals surface area contributed by atoms with Gasteiger partial charge in [0.25, 0.3) is 5.91 Å². The van der Waals surface area contributed by atoms with Crippen molar-refractivity contribution >= 4 is 28.4 Å². The van der Waals surface area contributed by atoms with Gasteiger partial charge in [-0.15, -0.1) is 0 Å². The van der Waals surface area contributed by atoms with Gasteiger partial charge in [-0.2, -0.15) is 5.10 Å². The maximum absolute atomic E-state index is 13.1. The number of fused-ring (bicyclic) bond motifs is 1. The lowest BCUT2D eigenvalue weighted by molar-refractivity contribution is 0.0730. The molecule has 0 atom stereocenters. The molecule has 3 amide bonds. The average molecular weight is 467 g/mol. The molecule has 3 N–H and O–H groups in total. The molecule has 1 fully saturated rings. The Morgan fingerprint density at radius 1 is 1.24 bits per heavy atom. The minimum absolute atomic E-state index is 0.115. The molecule has 0 saturated heterocycles. The van der Waals surface area contributed by atoms with E-state index in [0.717, 1.165) is 41.8 Å². The van der Waals surface area contributed by atoms with Gasteiger partial charge < -0.3 is 15.0 Å². The Balaban J connectivity index is 1.24. The molecule has 2 aliphatic rings. The number of ether oxygens (including phenoxy) is 1. The molecular formula is C23H26N6O3S. The topological polar surface area (TPSA) is 112 Å². The van der Waals surface area contributed by atoms with E-state index in [1.165, 1.54) is 11.3 Å². The van der Waals surface area contributed by atoms with Crippen LogP contribution in [0.4, 0.5) is 9.93 Å². The highest BCUT2D eigenvalue weighted by Crippen LogP contribution is 2.31. The van der Waals surface area contributed by atoms with Crippen LogP contribution in [0.2, 0.25) is 0 Å². The number of aromatic amines is 1. The average Bonchev–Trinajstić information content (AvgIpc) is 3.58. The molecule has 0 spiro atoms. The second kappa shape index (κ2) is 9.22. The number of amides is 3. The van der Waals surface area contributed by atoms with E-state index in [9.17, 15) is 9.59 Å². The number of nitrogens with one attached hydrogen (secondary N) is 3. The Morgan fingerprint density at radius 3 is 2.88 bits per heavy atom. The predicted octanol–water partition coefficient (Wildman–Crippen LogP) is 3.80. The third-order valence-electron chi connectivity index (χ3n) is 6.12. The maximum atomic E-state index is 13.1. The number of rotatable bonds is 5. The number of nitrogens with zero attached hydrogens (tertiary/aromatic N) is 3. The molecule has 172 valence electrons. The van der Waals surface area contributed by atoms with Gasteiger partial charge in [-0.25, -0.2) is 9.78 Å². The zero-order valence-corrected chi connectivity index (χ0v) is 19.2. The standard InChI is InChI=1S/C23H26N6O3S/c1-32-19-9-5-4-8-15(19)17-12-18(28-27-17)21(30)29-11-10-16-20(13-29)33-23(25-16)26-22(31)24-14-6-2-3-7-14/h4-5,8-9,12,14H,2-3,6-7,10-11,13H2,1H3,(H,27,28)(H2,24,25,26,31). The molecule has 9 nitrogen and oxygen atoms in total. The summed E-state index contributed by atoms with van der Waals surface area (Å²) in [5.41, 5.74) is 2.86. The zero-order chi connectivity index (χ0) is 22.8. The Bertz CT molecular complexity index is 1170. The molecule has 3 heterocycles. The number of thiazole rings is 1. The van der Waals surface area contributed by atoms with Gasteiger partial charge in [0, 0.05) is 29.4 Å². The van der Waals surface area contributed by atoms with Gasteiger partial charge in [-0.1, -0.05) is 36.3 Å². The van der Waals surface area contributed by atoms with Crippen molar-refractivity contribution in [3.05, 3.63) is 46.6 Å². The van der Waals surface area contributed by atoms with Crippen molar-refractivity contribution in [3.63, 3.8) is 0 Å². The fourth-order valence-electron chi connectivity index (χ4n) is 4.41. The fraction of sp³-hybridized carbons (Fsp3) is 0.391. The summed E-state index contributed by atoms with van der Waals surface area (Å²) in [6, 6.07) is 9.37. The molecule has 5 rings (SSSR count). The van der Waals surface area contributed by atoms with Crippen LogP contribution in [0.1, 0.15) is 46.7 Å². The molecule has 0 bridgehead atoms. The molecule has 0 unspecified atom stereocenters. The van der Waals surface area contributed by atoms with Gasteiger partial charge in [0.2, 0.25) is 0 Å². The van der Waals surface area contributed by atoms with Crippen molar-refractivity contribution in [1.29, 1.82) is 0 Å². The monoisotopic (exact) mass is 466 g/mol. The van der Waals surface area contributed by atoms with Crippen LogP contribution in [0.15, 0.2) is 30.3 Å². The van der Waals surface area contributed by atoms with E-state index in [-0.39, 0.29) is 18.0 Å². The van der Waals surface area contributed by atoms with E-state index in [2.05, 4.69) is 25.8 Å². The molecule has 1 aliphatic carbocycles. The number of methoxy groups -OCH3 is 1. The summed E-state index contributed by atoms with van der Waals surface area (Å²) in [6.45, 7) is 1.02. The maximum Gasteiger partial charge on any atom is 0.321 e. The van der Waals surface area contributed by atoms with Crippen LogP contribution >= 0.6 is 11.3 Å². The number of benzene rings is 1. The Kier molecular flexibility index (Phi) is 5.99. The van der Waals surface area contributed by atoms with Crippen molar-refractivity contribution in [1.82, 2.24) is 25.4 Å². The first kappa shape index (κ1) is 21.4. The van der Waals surface area contributed by atoms with Crippen LogP contribution in [-0.2, 0) is 13.0 Å². The lowest BCUT2D eigenvalue weighted by atomic mass is 10.1.